The van der Waals surface area contributed by atoms with Crippen LogP contribution in [0, 0.1) is 5.92 Å². The van der Waals surface area contributed by atoms with Gasteiger partial charge in [-0.3, -0.25) is 0 Å². The number of nitrogens with zero attached hydrogens (tertiary/aromatic N) is 1. The van der Waals surface area contributed by atoms with Crippen LogP contribution in [0.4, 0.5) is 0 Å². The molecule has 3 unspecified atom stereocenters. The zero-order valence-corrected chi connectivity index (χ0v) is 11.2. The van der Waals surface area contributed by atoms with E-state index in [0.717, 1.165) is 18.3 Å². The predicted molar refractivity (Wildman–Crippen MR) is 68.7 cm³/mol. The lowest BCUT2D eigenvalue weighted by molar-refractivity contribution is 0.0819. The third-order valence-electron chi connectivity index (χ3n) is 3.50. The number of rotatable bonds is 6. The fourth-order valence-electron chi connectivity index (χ4n) is 2.25. The van der Waals surface area contributed by atoms with Gasteiger partial charge >= 0.3 is 0 Å². The molecular formula is C12H25NOS. The number of likely N-dealkylation sites (N-methyl/N-ethyl adjacent to an activating group) is 1. The minimum atomic E-state index is 0.412. The Kier molecular flexibility index (Phi) is 6.02. The van der Waals surface area contributed by atoms with Gasteiger partial charge in [-0.15, -0.1) is 0 Å². The molecule has 0 saturated carbocycles. The number of hydrogen-bond acceptors (Lipinski definition) is 3. The van der Waals surface area contributed by atoms with Gasteiger partial charge in [0.2, 0.25) is 0 Å². The summed E-state index contributed by atoms with van der Waals surface area (Å²) in [6.07, 6.45) is 4.11. The Morgan fingerprint density at radius 2 is 2.20 bits per heavy atom. The van der Waals surface area contributed by atoms with Gasteiger partial charge in [0.1, 0.15) is 0 Å². The van der Waals surface area contributed by atoms with Gasteiger partial charge in [0.05, 0.1) is 6.10 Å². The van der Waals surface area contributed by atoms with E-state index in [-0.39, 0.29) is 0 Å². The molecule has 3 atom stereocenters. The molecule has 1 heterocycles. The quantitative estimate of drug-likeness (QED) is 0.705. The fraction of sp³-hybridized carbons (Fsp3) is 1.00. The SMILES string of the molecule is CC(CCS)CCN(C)C1CCOC1C. The third kappa shape index (κ3) is 4.33. The fourth-order valence-corrected chi connectivity index (χ4v) is 2.69. The van der Waals surface area contributed by atoms with Crippen LogP contribution in [0.1, 0.15) is 33.1 Å². The van der Waals surface area contributed by atoms with E-state index in [1.54, 1.807) is 0 Å². The molecule has 0 bridgehead atoms. The van der Waals surface area contributed by atoms with Crippen LogP contribution < -0.4 is 0 Å². The predicted octanol–water partition coefficient (Wildman–Crippen LogP) is 2.44. The van der Waals surface area contributed by atoms with Crippen LogP contribution in [0.5, 0.6) is 0 Å². The maximum atomic E-state index is 5.59. The molecule has 0 aromatic carbocycles. The average Bonchev–Trinajstić information content (AvgIpc) is 2.61. The molecule has 0 radical (unpaired) electrons. The van der Waals surface area contributed by atoms with Gasteiger partial charge in [0.25, 0.3) is 0 Å². The van der Waals surface area contributed by atoms with Crippen molar-refractivity contribution >= 4 is 12.6 Å². The van der Waals surface area contributed by atoms with Crippen molar-refractivity contribution in [3.8, 4) is 0 Å². The lowest BCUT2D eigenvalue weighted by Crippen LogP contribution is -2.37. The molecule has 0 amide bonds. The van der Waals surface area contributed by atoms with Crippen molar-refractivity contribution in [3.05, 3.63) is 0 Å². The summed E-state index contributed by atoms with van der Waals surface area (Å²) in [5.74, 6) is 1.80. The Hall–Kier alpha value is 0.270. The van der Waals surface area contributed by atoms with Crippen LogP contribution in [-0.4, -0.2) is 43.0 Å². The van der Waals surface area contributed by atoms with Crippen molar-refractivity contribution in [1.29, 1.82) is 0 Å². The lowest BCUT2D eigenvalue weighted by atomic mass is 10.0. The average molecular weight is 231 g/mol. The zero-order chi connectivity index (χ0) is 11.3. The van der Waals surface area contributed by atoms with Crippen molar-refractivity contribution in [2.24, 2.45) is 5.92 Å². The van der Waals surface area contributed by atoms with Crippen molar-refractivity contribution in [2.45, 2.75) is 45.3 Å². The van der Waals surface area contributed by atoms with Gasteiger partial charge in [-0.25, -0.2) is 0 Å². The Bertz CT molecular complexity index is 177. The summed E-state index contributed by atoms with van der Waals surface area (Å²) in [6.45, 7) is 6.62. The summed E-state index contributed by atoms with van der Waals surface area (Å²) in [5, 5.41) is 0. The molecule has 1 saturated heterocycles. The van der Waals surface area contributed by atoms with Gasteiger partial charge in [-0.1, -0.05) is 6.92 Å². The van der Waals surface area contributed by atoms with E-state index in [2.05, 4.69) is 38.4 Å². The highest BCUT2D eigenvalue weighted by atomic mass is 32.1. The van der Waals surface area contributed by atoms with Crippen LogP contribution in [0.2, 0.25) is 0 Å². The number of ether oxygens (including phenoxy) is 1. The Morgan fingerprint density at radius 3 is 2.73 bits per heavy atom. The second-order valence-corrected chi connectivity index (χ2v) is 5.27. The molecule has 1 rings (SSSR count). The van der Waals surface area contributed by atoms with E-state index in [0.29, 0.717) is 12.1 Å². The number of thiol groups is 1. The van der Waals surface area contributed by atoms with E-state index in [4.69, 9.17) is 4.74 Å². The first-order valence-corrected chi connectivity index (χ1v) is 6.71. The molecule has 2 nitrogen and oxygen atoms in total. The molecule has 1 aliphatic rings. The van der Waals surface area contributed by atoms with Crippen molar-refractivity contribution in [1.82, 2.24) is 4.90 Å². The van der Waals surface area contributed by atoms with Crippen LogP contribution in [0.3, 0.4) is 0 Å². The summed E-state index contributed by atoms with van der Waals surface area (Å²) in [5.41, 5.74) is 0. The second kappa shape index (κ2) is 6.77. The molecule has 1 aliphatic heterocycles. The Morgan fingerprint density at radius 1 is 1.47 bits per heavy atom. The zero-order valence-electron chi connectivity index (χ0n) is 10.3. The minimum absolute atomic E-state index is 0.412. The first-order chi connectivity index (χ1) is 7.15. The van der Waals surface area contributed by atoms with Crippen molar-refractivity contribution in [3.63, 3.8) is 0 Å². The van der Waals surface area contributed by atoms with E-state index in [1.165, 1.54) is 25.8 Å². The second-order valence-electron chi connectivity index (χ2n) is 4.82. The monoisotopic (exact) mass is 231 g/mol. The highest BCUT2D eigenvalue weighted by Gasteiger charge is 2.27. The Balaban J connectivity index is 2.20. The summed E-state index contributed by atoms with van der Waals surface area (Å²) in [7, 11) is 2.23. The van der Waals surface area contributed by atoms with Gasteiger partial charge < -0.3 is 9.64 Å². The standard InChI is InChI=1S/C12H25NOS/c1-10(6-9-15)4-7-13(3)12-5-8-14-11(12)2/h10-12,15H,4-9H2,1-3H3. The minimum Gasteiger partial charge on any atom is -0.377 e. The first kappa shape index (κ1) is 13.3. The van der Waals surface area contributed by atoms with Crippen molar-refractivity contribution < 1.29 is 4.74 Å². The van der Waals surface area contributed by atoms with Crippen LogP contribution in [0.25, 0.3) is 0 Å². The van der Waals surface area contributed by atoms with E-state index in [1.807, 2.05) is 0 Å². The molecule has 0 N–H and O–H groups in total. The molecular weight excluding hydrogens is 206 g/mol. The maximum Gasteiger partial charge on any atom is 0.0702 e. The first-order valence-electron chi connectivity index (χ1n) is 6.08. The third-order valence-corrected chi connectivity index (χ3v) is 3.76. The summed E-state index contributed by atoms with van der Waals surface area (Å²) in [4.78, 5) is 2.46. The summed E-state index contributed by atoms with van der Waals surface area (Å²) < 4.78 is 5.59. The van der Waals surface area contributed by atoms with Gasteiger partial charge in [-0.05, 0) is 51.4 Å². The molecule has 3 heteroatoms. The van der Waals surface area contributed by atoms with Crippen LogP contribution >= 0.6 is 12.6 Å². The van der Waals surface area contributed by atoms with Gasteiger partial charge in [-0.2, -0.15) is 12.6 Å². The smallest absolute Gasteiger partial charge is 0.0702 e. The Labute approximate surface area is 99.8 Å². The molecule has 0 aromatic heterocycles. The van der Waals surface area contributed by atoms with Gasteiger partial charge in [0.15, 0.2) is 0 Å². The molecule has 90 valence electrons. The highest BCUT2D eigenvalue weighted by Crippen LogP contribution is 2.19. The molecule has 0 aliphatic carbocycles. The summed E-state index contributed by atoms with van der Waals surface area (Å²) >= 11 is 4.27. The topological polar surface area (TPSA) is 12.5 Å². The van der Waals surface area contributed by atoms with Gasteiger partial charge in [0, 0.05) is 12.6 Å². The highest BCUT2D eigenvalue weighted by molar-refractivity contribution is 7.80. The van der Waals surface area contributed by atoms with E-state index >= 15 is 0 Å². The van der Waals surface area contributed by atoms with Crippen LogP contribution in [0.15, 0.2) is 0 Å². The molecule has 0 spiro atoms. The van der Waals surface area contributed by atoms with E-state index < -0.39 is 0 Å². The maximum absolute atomic E-state index is 5.59. The molecule has 15 heavy (non-hydrogen) atoms. The lowest BCUT2D eigenvalue weighted by Gasteiger charge is -2.27. The molecule has 0 aromatic rings. The largest absolute Gasteiger partial charge is 0.377 e. The van der Waals surface area contributed by atoms with Crippen molar-refractivity contribution in [2.75, 3.05) is 26.0 Å². The van der Waals surface area contributed by atoms with E-state index in [9.17, 15) is 0 Å². The summed E-state index contributed by atoms with van der Waals surface area (Å²) in [6, 6.07) is 0.633. The normalized spacial score (nSPS) is 28.6. The number of hydrogen-bond donors (Lipinski definition) is 1. The molecule has 1 fully saturated rings. The van der Waals surface area contributed by atoms with Crippen LogP contribution in [-0.2, 0) is 4.74 Å².